The van der Waals surface area contributed by atoms with Crippen molar-refractivity contribution in [2.24, 2.45) is 5.41 Å². The predicted molar refractivity (Wildman–Crippen MR) is 102 cm³/mol. The van der Waals surface area contributed by atoms with Crippen molar-refractivity contribution in [3.63, 3.8) is 0 Å². The molecule has 2 unspecified atom stereocenters. The van der Waals surface area contributed by atoms with Gasteiger partial charge in [-0.3, -0.25) is 9.87 Å². The number of carboxylic acids is 1. The number of hydrogen-bond donors (Lipinski definition) is 2. The smallest absolute Gasteiger partial charge is 0.291 e. The maximum Gasteiger partial charge on any atom is 0.291 e. The van der Waals surface area contributed by atoms with E-state index in [1.165, 1.54) is 6.42 Å². The van der Waals surface area contributed by atoms with Gasteiger partial charge in [-0.1, -0.05) is 59.8 Å². The van der Waals surface area contributed by atoms with E-state index in [4.69, 9.17) is 0 Å². The monoisotopic (exact) mass is 394 g/mol. The van der Waals surface area contributed by atoms with Gasteiger partial charge in [0.25, 0.3) is 10.1 Å². The molecule has 156 valence electrons. The fourth-order valence-corrected chi connectivity index (χ4v) is 5.35. The van der Waals surface area contributed by atoms with Crippen LogP contribution < -0.4 is 10.4 Å². The molecule has 0 heterocycles. The Morgan fingerprint density at radius 2 is 1.54 bits per heavy atom. The Hall–Kier alpha value is -0.700. The van der Waals surface area contributed by atoms with Crippen LogP contribution in [0.3, 0.4) is 0 Å². The lowest BCUT2D eigenvalue weighted by Crippen LogP contribution is -2.77. The van der Waals surface area contributed by atoms with E-state index in [1.807, 2.05) is 0 Å². The van der Waals surface area contributed by atoms with Gasteiger partial charge in [-0.25, -0.2) is 0 Å². The van der Waals surface area contributed by atoms with Crippen molar-refractivity contribution < 1.29 is 27.4 Å². The summed E-state index contributed by atoms with van der Waals surface area (Å²) in [5, 5.41) is 14.9. The van der Waals surface area contributed by atoms with Crippen LogP contribution in [0, 0.1) is 5.41 Å². The molecule has 0 aliphatic carbocycles. The normalized spacial score (nSPS) is 16.9. The molecule has 0 saturated carbocycles. The first-order valence-corrected chi connectivity index (χ1v) is 10.8. The van der Waals surface area contributed by atoms with Crippen LogP contribution in [0.25, 0.3) is 0 Å². The molecule has 0 saturated heterocycles. The molecule has 0 aliphatic heterocycles. The molecule has 0 aromatic heterocycles. The number of rotatable bonds is 12. The van der Waals surface area contributed by atoms with Crippen LogP contribution in [0.4, 0.5) is 0 Å². The van der Waals surface area contributed by atoms with Crippen molar-refractivity contribution in [3.05, 3.63) is 0 Å². The number of unbranched alkanes of at least 4 members (excludes halogenated alkanes) is 5. The van der Waals surface area contributed by atoms with Gasteiger partial charge in [0.2, 0.25) is 4.87 Å². The summed E-state index contributed by atoms with van der Waals surface area (Å²) in [7, 11) is -0.0148. The van der Waals surface area contributed by atoms with E-state index in [0.717, 1.165) is 25.7 Å². The highest BCUT2D eigenvalue weighted by atomic mass is 32.2. The topological polar surface area (TPSA) is 107 Å². The minimum Gasteiger partial charge on any atom is -0.544 e. The fourth-order valence-electron chi connectivity index (χ4n) is 3.60. The van der Waals surface area contributed by atoms with Crippen molar-refractivity contribution in [2.45, 2.75) is 77.1 Å². The van der Waals surface area contributed by atoms with Gasteiger partial charge in [0, 0.05) is 5.41 Å². The molecule has 0 aromatic carbocycles. The molecular weight excluding hydrogens is 356 g/mol. The highest BCUT2D eigenvalue weighted by Crippen LogP contribution is 2.40. The number of nitrogens with zero attached hydrogens (tertiary/aromatic N) is 1. The predicted octanol–water partition coefficient (Wildman–Crippen LogP) is 1.39. The van der Waals surface area contributed by atoms with E-state index in [0.29, 0.717) is 13.0 Å². The van der Waals surface area contributed by atoms with Gasteiger partial charge in [-0.2, -0.15) is 8.42 Å². The average molecular weight is 395 g/mol. The molecule has 8 heteroatoms. The van der Waals surface area contributed by atoms with E-state index in [2.05, 4.69) is 12.2 Å². The summed E-state index contributed by atoms with van der Waals surface area (Å²) in [5.74, 6) is -1.51. The minimum atomic E-state index is -4.76. The first-order chi connectivity index (χ1) is 11.6. The summed E-state index contributed by atoms with van der Waals surface area (Å²) < 4.78 is 34.9. The van der Waals surface area contributed by atoms with Crippen LogP contribution in [-0.2, 0) is 14.9 Å². The van der Waals surface area contributed by atoms with Gasteiger partial charge in [0.15, 0.2) is 6.04 Å². The van der Waals surface area contributed by atoms with E-state index >= 15 is 0 Å². The largest absolute Gasteiger partial charge is 0.544 e. The van der Waals surface area contributed by atoms with E-state index in [1.54, 1.807) is 41.9 Å². The molecule has 0 fully saturated rings. The third-order valence-electron chi connectivity index (χ3n) is 4.82. The molecule has 26 heavy (non-hydrogen) atoms. The number of carboxylic acid groups (broad SMARTS) is 1. The van der Waals surface area contributed by atoms with Gasteiger partial charge in [-0.05, 0) is 13.0 Å². The lowest BCUT2D eigenvalue weighted by atomic mass is 9.80. The van der Waals surface area contributed by atoms with Crippen molar-refractivity contribution in [1.29, 1.82) is 0 Å². The van der Waals surface area contributed by atoms with E-state index in [-0.39, 0.29) is 4.48 Å². The third kappa shape index (κ3) is 6.18. The molecule has 2 atom stereocenters. The summed E-state index contributed by atoms with van der Waals surface area (Å²) in [5.41, 5.74) is -1.08. The number of carbonyl (C=O) groups is 1. The van der Waals surface area contributed by atoms with Gasteiger partial charge in [0.1, 0.15) is 5.97 Å². The Balaban J connectivity index is 5.72. The van der Waals surface area contributed by atoms with Crippen LogP contribution in [0.15, 0.2) is 0 Å². The molecule has 2 N–H and O–H groups in total. The molecule has 0 bridgehead atoms. The zero-order valence-corrected chi connectivity index (χ0v) is 18.3. The van der Waals surface area contributed by atoms with Crippen LogP contribution >= 0.6 is 0 Å². The summed E-state index contributed by atoms with van der Waals surface area (Å²) >= 11 is 0. The Kier molecular flexibility index (Phi) is 9.23. The van der Waals surface area contributed by atoms with Crippen LogP contribution in [0.1, 0.15) is 66.2 Å². The van der Waals surface area contributed by atoms with E-state index < -0.39 is 32.4 Å². The molecule has 7 nitrogen and oxygen atoms in total. The highest BCUT2D eigenvalue weighted by Gasteiger charge is 2.63. The maximum atomic E-state index is 12.5. The van der Waals surface area contributed by atoms with Crippen molar-refractivity contribution >= 4 is 16.1 Å². The van der Waals surface area contributed by atoms with Gasteiger partial charge in [-0.15, -0.1) is 0 Å². The molecule has 0 radical (unpaired) electrons. The number of quaternary nitrogens is 1. The van der Waals surface area contributed by atoms with Gasteiger partial charge < -0.3 is 14.4 Å². The number of carbonyl (C=O) groups excluding carboxylic acids is 1. The molecule has 0 spiro atoms. The van der Waals surface area contributed by atoms with E-state index in [9.17, 15) is 22.9 Å². The zero-order chi connectivity index (χ0) is 20.8. The molecule has 0 aromatic rings. The molecule has 0 aliphatic rings. The zero-order valence-electron chi connectivity index (χ0n) is 17.5. The van der Waals surface area contributed by atoms with Crippen LogP contribution in [0.5, 0.6) is 0 Å². The Labute approximate surface area is 159 Å². The van der Waals surface area contributed by atoms with Crippen LogP contribution in [0.2, 0.25) is 0 Å². The van der Waals surface area contributed by atoms with Gasteiger partial charge >= 0.3 is 0 Å². The second-order valence-electron chi connectivity index (χ2n) is 8.99. The molecule has 0 amide bonds. The van der Waals surface area contributed by atoms with Gasteiger partial charge in [0.05, 0.1) is 21.1 Å². The standard InChI is InChI=1S/C18H38N2O5S/c1-8-9-10-11-12-13-14-19-18(17(2,3)4,26(23,24)25)15(16(21)22)20(5,6)7/h15,19H,8-14H2,1-7H3,(H-,21,22,23,24,25). The summed E-state index contributed by atoms with van der Waals surface area (Å²) in [6.07, 6.45) is 6.10. The quantitative estimate of drug-likeness (QED) is 0.294. The number of nitrogens with one attached hydrogen (secondary N) is 1. The Bertz CT molecular complexity index is 549. The average Bonchev–Trinajstić information content (AvgIpc) is 2.40. The SMILES string of the molecule is CCCCCCCCNC(C(C(=O)[O-])[N+](C)(C)C)(C(C)(C)C)S(=O)(=O)O. The minimum absolute atomic E-state index is 0.205. The van der Waals surface area contributed by atoms with Crippen LogP contribution in [-0.4, -0.2) is 62.0 Å². The second-order valence-corrected chi connectivity index (χ2v) is 10.6. The Morgan fingerprint density at radius 3 is 1.88 bits per heavy atom. The van der Waals surface area contributed by atoms with Crippen molar-refractivity contribution in [1.82, 2.24) is 5.32 Å². The third-order valence-corrected chi connectivity index (χ3v) is 6.62. The summed E-state index contributed by atoms with van der Waals surface area (Å²) in [6, 6.07) is -1.49. The number of aliphatic carboxylic acids is 1. The first-order valence-electron chi connectivity index (χ1n) is 9.37. The Morgan fingerprint density at radius 1 is 1.08 bits per heavy atom. The first kappa shape index (κ1) is 25.3. The highest BCUT2D eigenvalue weighted by molar-refractivity contribution is 7.87. The second kappa shape index (κ2) is 9.48. The maximum absolute atomic E-state index is 12.5. The lowest BCUT2D eigenvalue weighted by molar-refractivity contribution is -0.893. The lowest BCUT2D eigenvalue weighted by Gasteiger charge is -2.51. The molecular formula is C18H38N2O5S. The summed E-state index contributed by atoms with van der Waals surface area (Å²) in [6.45, 7) is 7.27. The summed E-state index contributed by atoms with van der Waals surface area (Å²) in [4.78, 5) is 9.88. The molecule has 0 rings (SSSR count). The number of hydrogen-bond acceptors (Lipinski definition) is 5. The fraction of sp³-hybridized carbons (Fsp3) is 0.944. The van der Waals surface area contributed by atoms with Crippen molar-refractivity contribution in [3.8, 4) is 0 Å². The van der Waals surface area contributed by atoms with Crippen molar-refractivity contribution in [2.75, 3.05) is 27.7 Å². The number of likely N-dealkylation sites (N-methyl/N-ethyl adjacent to an activating group) is 1.